The summed E-state index contributed by atoms with van der Waals surface area (Å²) in [6.07, 6.45) is 0. The molecule has 1 aromatic rings. The van der Waals surface area contributed by atoms with Gasteiger partial charge in [-0.3, -0.25) is 0 Å². The molecule has 1 rings (SSSR count). The summed E-state index contributed by atoms with van der Waals surface area (Å²) in [5.41, 5.74) is 7.00. The highest BCUT2D eigenvalue weighted by Gasteiger charge is 2.24. The van der Waals surface area contributed by atoms with Crippen LogP contribution in [0, 0.1) is 0 Å². The van der Waals surface area contributed by atoms with Crippen molar-refractivity contribution in [3.05, 3.63) is 28.2 Å². The van der Waals surface area contributed by atoms with Crippen molar-refractivity contribution in [2.24, 2.45) is 5.73 Å². The number of nitrogens with two attached hydrogens (primary N) is 1. The van der Waals surface area contributed by atoms with Gasteiger partial charge in [0, 0.05) is 15.9 Å². The molecule has 0 spiro atoms. The zero-order valence-corrected chi connectivity index (χ0v) is 11.3. The van der Waals surface area contributed by atoms with Gasteiger partial charge in [-0.15, -0.1) is 0 Å². The molecule has 15 heavy (non-hydrogen) atoms. The Morgan fingerprint density at radius 3 is 2.47 bits per heavy atom. The molecule has 2 nitrogen and oxygen atoms in total. The van der Waals surface area contributed by atoms with Gasteiger partial charge in [-0.05, 0) is 37.6 Å². The first-order valence-electron chi connectivity index (χ1n) is 4.98. The van der Waals surface area contributed by atoms with Crippen LogP contribution in [0.1, 0.15) is 32.3 Å². The fourth-order valence-corrected chi connectivity index (χ4v) is 1.82. The average molecular weight is 272 g/mol. The normalized spacial score (nSPS) is 13.7. The van der Waals surface area contributed by atoms with Crippen LogP contribution in [0.5, 0.6) is 5.75 Å². The highest BCUT2D eigenvalue weighted by atomic mass is 79.9. The Morgan fingerprint density at radius 1 is 1.40 bits per heavy atom. The quantitative estimate of drug-likeness (QED) is 0.916. The summed E-state index contributed by atoms with van der Waals surface area (Å²) in [6.45, 7) is 6.17. The Labute approximate surface area is 99.9 Å². The van der Waals surface area contributed by atoms with E-state index >= 15 is 0 Å². The van der Waals surface area contributed by atoms with E-state index < -0.39 is 0 Å². The molecule has 0 heterocycles. The van der Waals surface area contributed by atoms with Crippen LogP contribution in [0.2, 0.25) is 0 Å². The van der Waals surface area contributed by atoms with Crippen molar-refractivity contribution >= 4 is 15.9 Å². The molecule has 0 bridgehead atoms. The third-order valence-electron chi connectivity index (χ3n) is 2.77. The van der Waals surface area contributed by atoms with Gasteiger partial charge in [0.05, 0.1) is 7.11 Å². The minimum absolute atomic E-state index is 0.241. The maximum Gasteiger partial charge on any atom is 0.122 e. The van der Waals surface area contributed by atoms with Gasteiger partial charge in [-0.25, -0.2) is 0 Å². The van der Waals surface area contributed by atoms with E-state index in [0.717, 1.165) is 15.8 Å². The van der Waals surface area contributed by atoms with E-state index in [1.807, 2.05) is 26.0 Å². The second kappa shape index (κ2) is 4.54. The van der Waals surface area contributed by atoms with Gasteiger partial charge in [0.15, 0.2) is 0 Å². The minimum atomic E-state index is -0.256. The van der Waals surface area contributed by atoms with Crippen molar-refractivity contribution in [2.45, 2.75) is 32.2 Å². The van der Waals surface area contributed by atoms with Crippen molar-refractivity contribution in [1.82, 2.24) is 0 Å². The topological polar surface area (TPSA) is 35.2 Å². The van der Waals surface area contributed by atoms with Gasteiger partial charge >= 0.3 is 0 Å². The van der Waals surface area contributed by atoms with Crippen LogP contribution in [0.25, 0.3) is 0 Å². The molecule has 2 N–H and O–H groups in total. The number of halogens is 1. The second-order valence-electron chi connectivity index (χ2n) is 4.43. The van der Waals surface area contributed by atoms with E-state index in [4.69, 9.17) is 10.5 Å². The number of benzene rings is 1. The summed E-state index contributed by atoms with van der Waals surface area (Å²) in [5, 5.41) is 0. The minimum Gasteiger partial charge on any atom is -0.496 e. The Bertz CT molecular complexity index is 344. The zero-order chi connectivity index (χ0) is 11.6. The first kappa shape index (κ1) is 12.5. The number of hydrogen-bond donors (Lipinski definition) is 1. The first-order chi connectivity index (χ1) is 6.86. The second-order valence-corrected chi connectivity index (χ2v) is 5.35. The predicted molar refractivity (Wildman–Crippen MR) is 67.4 cm³/mol. The van der Waals surface area contributed by atoms with Gasteiger partial charge in [0.1, 0.15) is 5.75 Å². The lowest BCUT2D eigenvalue weighted by Gasteiger charge is -2.28. The monoisotopic (exact) mass is 271 g/mol. The molecule has 0 aliphatic carbocycles. The Kier molecular flexibility index (Phi) is 3.79. The molecule has 0 radical (unpaired) electrons. The molecule has 1 unspecified atom stereocenters. The summed E-state index contributed by atoms with van der Waals surface area (Å²) < 4.78 is 6.39. The summed E-state index contributed by atoms with van der Waals surface area (Å²) in [6, 6.07) is 6.00. The van der Waals surface area contributed by atoms with Crippen molar-refractivity contribution < 1.29 is 4.74 Å². The van der Waals surface area contributed by atoms with Gasteiger partial charge in [0.25, 0.3) is 0 Å². The largest absolute Gasteiger partial charge is 0.496 e. The van der Waals surface area contributed by atoms with Crippen molar-refractivity contribution in [3.63, 3.8) is 0 Å². The first-order valence-corrected chi connectivity index (χ1v) is 5.78. The van der Waals surface area contributed by atoms with Gasteiger partial charge in [-0.1, -0.05) is 22.9 Å². The maximum absolute atomic E-state index is 6.11. The molecular formula is C12H18BrNO. The third kappa shape index (κ3) is 2.95. The average Bonchev–Trinajstić information content (AvgIpc) is 2.15. The Hall–Kier alpha value is -0.540. The zero-order valence-electron chi connectivity index (χ0n) is 9.67. The van der Waals surface area contributed by atoms with E-state index in [2.05, 4.69) is 28.9 Å². The molecule has 0 aliphatic rings. The number of ether oxygens (including phenoxy) is 1. The van der Waals surface area contributed by atoms with Crippen LogP contribution in [-0.4, -0.2) is 12.6 Å². The van der Waals surface area contributed by atoms with Crippen LogP contribution in [0.15, 0.2) is 22.7 Å². The molecule has 84 valence electrons. The Morgan fingerprint density at radius 2 is 2.00 bits per heavy atom. The molecule has 1 aromatic carbocycles. The van der Waals surface area contributed by atoms with E-state index in [9.17, 15) is 0 Å². The summed E-state index contributed by atoms with van der Waals surface area (Å²) in [7, 11) is 1.68. The van der Waals surface area contributed by atoms with E-state index in [1.165, 1.54) is 0 Å². The van der Waals surface area contributed by atoms with E-state index in [0.29, 0.717) is 0 Å². The van der Waals surface area contributed by atoms with Crippen LogP contribution < -0.4 is 10.5 Å². The number of hydrogen-bond acceptors (Lipinski definition) is 2. The van der Waals surface area contributed by atoms with Crippen LogP contribution >= 0.6 is 15.9 Å². The van der Waals surface area contributed by atoms with Gasteiger partial charge in [0.2, 0.25) is 0 Å². The lowest BCUT2D eigenvalue weighted by Crippen LogP contribution is -2.38. The summed E-state index contributed by atoms with van der Waals surface area (Å²) in [5.74, 6) is 1.13. The Balaban J connectivity index is 3.17. The molecule has 0 aromatic heterocycles. The highest BCUT2D eigenvalue weighted by molar-refractivity contribution is 9.10. The molecule has 0 saturated carbocycles. The molecule has 1 atom stereocenters. The van der Waals surface area contributed by atoms with Gasteiger partial charge in [-0.2, -0.15) is 0 Å². The molecule has 0 saturated heterocycles. The molecular weight excluding hydrogens is 254 g/mol. The van der Waals surface area contributed by atoms with E-state index in [-0.39, 0.29) is 11.5 Å². The van der Waals surface area contributed by atoms with E-state index in [1.54, 1.807) is 7.11 Å². The van der Waals surface area contributed by atoms with Crippen molar-refractivity contribution in [3.8, 4) is 5.75 Å². The predicted octanol–water partition coefficient (Wildman–Crippen LogP) is 3.30. The summed E-state index contributed by atoms with van der Waals surface area (Å²) in [4.78, 5) is 0. The SMILES string of the molecule is COc1ccc(Br)cc1C(C)C(C)(C)N. The lowest BCUT2D eigenvalue weighted by atomic mass is 9.84. The third-order valence-corrected chi connectivity index (χ3v) is 3.27. The summed E-state index contributed by atoms with van der Waals surface area (Å²) >= 11 is 3.46. The fraction of sp³-hybridized carbons (Fsp3) is 0.500. The van der Waals surface area contributed by atoms with Gasteiger partial charge < -0.3 is 10.5 Å². The fourth-order valence-electron chi connectivity index (χ4n) is 1.44. The smallest absolute Gasteiger partial charge is 0.122 e. The molecule has 0 amide bonds. The number of rotatable bonds is 3. The molecule has 3 heteroatoms. The van der Waals surface area contributed by atoms with Crippen LogP contribution in [0.3, 0.4) is 0 Å². The maximum atomic E-state index is 6.11. The van der Waals surface area contributed by atoms with Crippen molar-refractivity contribution in [1.29, 1.82) is 0 Å². The molecule has 0 aliphatic heterocycles. The standard InChI is InChI=1S/C12H18BrNO/c1-8(12(2,3)14)10-7-9(13)5-6-11(10)15-4/h5-8H,14H2,1-4H3. The molecule has 0 fully saturated rings. The van der Waals surface area contributed by atoms with Crippen molar-refractivity contribution in [2.75, 3.05) is 7.11 Å². The lowest BCUT2D eigenvalue weighted by molar-refractivity contribution is 0.383. The number of methoxy groups -OCH3 is 1. The van der Waals surface area contributed by atoms with Crippen LogP contribution in [0.4, 0.5) is 0 Å². The van der Waals surface area contributed by atoms with Crippen LogP contribution in [-0.2, 0) is 0 Å². The highest BCUT2D eigenvalue weighted by Crippen LogP contribution is 2.34.